The lowest BCUT2D eigenvalue weighted by Crippen LogP contribution is -2.33. The number of nitrogens with one attached hydrogen (secondary N) is 1. The number of carboxylic acids is 1. The van der Waals surface area contributed by atoms with Gasteiger partial charge in [-0.3, -0.25) is 0 Å². The van der Waals surface area contributed by atoms with Crippen molar-refractivity contribution < 1.29 is 9.90 Å². The second-order valence-corrected chi connectivity index (χ2v) is 5.57. The third-order valence-corrected chi connectivity index (χ3v) is 3.20. The first-order valence-corrected chi connectivity index (χ1v) is 6.51. The first kappa shape index (κ1) is 15.4. The number of benzene rings is 1. The fourth-order valence-electron chi connectivity index (χ4n) is 2.30. The minimum Gasteiger partial charge on any atom is -0.478 e. The number of aryl methyl sites for hydroxylation is 2. The van der Waals surface area contributed by atoms with Crippen LogP contribution in [-0.4, -0.2) is 24.2 Å². The van der Waals surface area contributed by atoms with Gasteiger partial charge in [0.15, 0.2) is 0 Å². The van der Waals surface area contributed by atoms with Crippen LogP contribution in [0.3, 0.4) is 0 Å². The lowest BCUT2D eigenvalue weighted by Gasteiger charge is -2.27. The largest absolute Gasteiger partial charge is 0.478 e. The molecule has 1 aromatic rings. The molecule has 0 aromatic heterocycles. The molecule has 0 spiro atoms. The number of rotatable bonds is 6. The van der Waals surface area contributed by atoms with Gasteiger partial charge < -0.3 is 10.4 Å². The maximum Gasteiger partial charge on any atom is 0.328 e. The predicted octanol–water partition coefficient (Wildman–Crippen LogP) is 2.81. The normalized spacial score (nSPS) is 12.0. The van der Waals surface area contributed by atoms with E-state index in [2.05, 4.69) is 51.2 Å². The summed E-state index contributed by atoms with van der Waals surface area (Å²) in [6.07, 6.45) is 2.79. The van der Waals surface area contributed by atoms with Gasteiger partial charge in [0.1, 0.15) is 0 Å². The maximum absolute atomic E-state index is 10.3. The molecule has 0 amide bonds. The minimum absolute atomic E-state index is 0.0227. The zero-order valence-corrected chi connectivity index (χ0v) is 12.2. The van der Waals surface area contributed by atoms with Gasteiger partial charge in [0.25, 0.3) is 0 Å². The lowest BCUT2D eigenvalue weighted by atomic mass is 9.81. The molecule has 104 valence electrons. The van der Waals surface area contributed by atoms with E-state index >= 15 is 0 Å². The van der Waals surface area contributed by atoms with E-state index in [9.17, 15) is 4.79 Å². The van der Waals surface area contributed by atoms with Gasteiger partial charge in [0, 0.05) is 24.6 Å². The highest BCUT2D eigenvalue weighted by molar-refractivity contribution is 5.79. The van der Waals surface area contributed by atoms with Crippen LogP contribution in [-0.2, 0) is 10.2 Å². The van der Waals surface area contributed by atoms with E-state index in [0.29, 0.717) is 6.54 Å². The SMILES string of the molecule is Cc1ccc(C(C)(C)CNC/C=C/C(=O)O)c(C)c1. The zero-order chi connectivity index (χ0) is 14.5. The Balaban J connectivity index is 2.62. The predicted molar refractivity (Wildman–Crippen MR) is 78.6 cm³/mol. The van der Waals surface area contributed by atoms with Crippen LogP contribution in [0.15, 0.2) is 30.4 Å². The van der Waals surface area contributed by atoms with Gasteiger partial charge in [-0.1, -0.05) is 43.7 Å². The van der Waals surface area contributed by atoms with Crippen LogP contribution < -0.4 is 5.32 Å². The lowest BCUT2D eigenvalue weighted by molar-refractivity contribution is -0.131. The van der Waals surface area contributed by atoms with Crippen LogP contribution in [0.5, 0.6) is 0 Å². The van der Waals surface area contributed by atoms with E-state index in [-0.39, 0.29) is 5.41 Å². The monoisotopic (exact) mass is 261 g/mol. The highest BCUT2D eigenvalue weighted by Gasteiger charge is 2.21. The molecule has 0 aliphatic rings. The molecule has 0 fully saturated rings. The Labute approximate surface area is 115 Å². The summed E-state index contributed by atoms with van der Waals surface area (Å²) < 4.78 is 0. The molecule has 0 heterocycles. The van der Waals surface area contributed by atoms with Crippen molar-refractivity contribution in [1.29, 1.82) is 0 Å². The molecule has 3 heteroatoms. The van der Waals surface area contributed by atoms with Crippen LogP contribution in [0.2, 0.25) is 0 Å². The standard InChI is InChI=1S/C16H23NO2/c1-12-7-8-14(13(2)10-12)16(3,4)11-17-9-5-6-15(18)19/h5-8,10,17H,9,11H2,1-4H3,(H,18,19)/b6-5+. The Morgan fingerprint density at radius 1 is 1.37 bits per heavy atom. The molecule has 0 bridgehead atoms. The Hall–Kier alpha value is -1.61. The number of carbonyl (C=O) groups is 1. The molecule has 19 heavy (non-hydrogen) atoms. The Bertz CT molecular complexity index is 476. The van der Waals surface area contributed by atoms with Crippen molar-refractivity contribution in [3.63, 3.8) is 0 Å². The van der Waals surface area contributed by atoms with Crippen LogP contribution in [0.4, 0.5) is 0 Å². The summed E-state index contributed by atoms with van der Waals surface area (Å²) in [5.74, 6) is -0.907. The van der Waals surface area contributed by atoms with Gasteiger partial charge in [-0.25, -0.2) is 4.79 Å². The molecule has 3 nitrogen and oxygen atoms in total. The minimum atomic E-state index is -0.907. The van der Waals surface area contributed by atoms with E-state index in [0.717, 1.165) is 12.6 Å². The number of hydrogen-bond acceptors (Lipinski definition) is 2. The van der Waals surface area contributed by atoms with Crippen molar-refractivity contribution in [3.8, 4) is 0 Å². The summed E-state index contributed by atoms with van der Waals surface area (Å²) in [6, 6.07) is 6.51. The Kier molecular flexibility index (Phi) is 5.31. The first-order valence-electron chi connectivity index (χ1n) is 6.51. The van der Waals surface area contributed by atoms with Crippen LogP contribution in [0, 0.1) is 13.8 Å². The molecule has 1 rings (SSSR count). The molecular weight excluding hydrogens is 238 g/mol. The van der Waals surface area contributed by atoms with Gasteiger partial charge >= 0.3 is 5.97 Å². The van der Waals surface area contributed by atoms with Gasteiger partial charge in [-0.05, 0) is 25.0 Å². The number of carboxylic acid groups (broad SMARTS) is 1. The highest BCUT2D eigenvalue weighted by Crippen LogP contribution is 2.26. The summed E-state index contributed by atoms with van der Waals surface area (Å²) >= 11 is 0. The Morgan fingerprint density at radius 3 is 2.63 bits per heavy atom. The van der Waals surface area contributed by atoms with Gasteiger partial charge in [0.2, 0.25) is 0 Å². The van der Waals surface area contributed by atoms with Gasteiger partial charge in [-0.15, -0.1) is 0 Å². The molecule has 0 unspecified atom stereocenters. The van der Waals surface area contributed by atoms with E-state index in [1.54, 1.807) is 6.08 Å². The Morgan fingerprint density at radius 2 is 2.05 bits per heavy atom. The third-order valence-electron chi connectivity index (χ3n) is 3.20. The average Bonchev–Trinajstić information content (AvgIpc) is 2.27. The summed E-state index contributed by atoms with van der Waals surface area (Å²) in [5, 5.41) is 11.8. The van der Waals surface area contributed by atoms with Crippen molar-refractivity contribution in [2.75, 3.05) is 13.1 Å². The molecule has 2 N–H and O–H groups in total. The fourth-order valence-corrected chi connectivity index (χ4v) is 2.30. The molecular formula is C16H23NO2. The quantitative estimate of drug-likeness (QED) is 0.611. The highest BCUT2D eigenvalue weighted by atomic mass is 16.4. The molecule has 1 aromatic carbocycles. The molecule has 0 saturated carbocycles. The molecule has 0 atom stereocenters. The summed E-state index contributed by atoms with van der Waals surface area (Å²) in [7, 11) is 0. The van der Waals surface area contributed by atoms with E-state index in [1.807, 2.05) is 0 Å². The van der Waals surface area contributed by atoms with E-state index < -0.39 is 5.97 Å². The van der Waals surface area contributed by atoms with Crippen molar-refractivity contribution in [1.82, 2.24) is 5.32 Å². The molecule has 0 aliphatic carbocycles. The van der Waals surface area contributed by atoms with Crippen molar-refractivity contribution in [2.45, 2.75) is 33.1 Å². The average molecular weight is 261 g/mol. The number of hydrogen-bond donors (Lipinski definition) is 2. The number of aliphatic carboxylic acids is 1. The molecule has 0 aliphatic heterocycles. The van der Waals surface area contributed by atoms with Crippen molar-refractivity contribution in [3.05, 3.63) is 47.0 Å². The van der Waals surface area contributed by atoms with Crippen molar-refractivity contribution in [2.24, 2.45) is 0 Å². The smallest absolute Gasteiger partial charge is 0.328 e. The van der Waals surface area contributed by atoms with Crippen LogP contribution in [0.1, 0.15) is 30.5 Å². The molecule has 0 saturated heterocycles. The maximum atomic E-state index is 10.3. The third kappa shape index (κ3) is 4.87. The summed E-state index contributed by atoms with van der Waals surface area (Å²) in [5.41, 5.74) is 3.92. The topological polar surface area (TPSA) is 49.3 Å². The van der Waals surface area contributed by atoms with Gasteiger partial charge in [0.05, 0.1) is 0 Å². The van der Waals surface area contributed by atoms with Crippen LogP contribution >= 0.6 is 0 Å². The van der Waals surface area contributed by atoms with Crippen molar-refractivity contribution >= 4 is 5.97 Å². The zero-order valence-electron chi connectivity index (χ0n) is 12.2. The summed E-state index contributed by atoms with van der Waals surface area (Å²) in [4.78, 5) is 10.3. The first-order chi connectivity index (χ1) is 8.83. The van der Waals surface area contributed by atoms with Crippen LogP contribution in [0.25, 0.3) is 0 Å². The second kappa shape index (κ2) is 6.53. The fraction of sp³-hybridized carbons (Fsp3) is 0.438. The summed E-state index contributed by atoms with van der Waals surface area (Å²) in [6.45, 7) is 9.99. The second-order valence-electron chi connectivity index (χ2n) is 5.57. The van der Waals surface area contributed by atoms with Gasteiger partial charge in [-0.2, -0.15) is 0 Å². The molecule has 0 radical (unpaired) electrons. The van der Waals surface area contributed by atoms with E-state index in [4.69, 9.17) is 5.11 Å². The van der Waals surface area contributed by atoms with E-state index in [1.165, 1.54) is 16.7 Å².